The van der Waals surface area contributed by atoms with Gasteiger partial charge in [0.25, 0.3) is 0 Å². The van der Waals surface area contributed by atoms with Gasteiger partial charge in [-0.3, -0.25) is 4.98 Å². The van der Waals surface area contributed by atoms with Crippen LogP contribution in [0, 0.1) is 0 Å². The van der Waals surface area contributed by atoms with E-state index in [9.17, 15) is 13.2 Å². The van der Waals surface area contributed by atoms with Crippen molar-refractivity contribution in [3.63, 3.8) is 0 Å². The van der Waals surface area contributed by atoms with Gasteiger partial charge in [-0.1, -0.05) is 0 Å². The molecule has 0 radical (unpaired) electrons. The van der Waals surface area contributed by atoms with E-state index in [0.29, 0.717) is 31.5 Å². The van der Waals surface area contributed by atoms with E-state index in [1.807, 2.05) is 32.9 Å². The fraction of sp³-hybridized carbons (Fsp3) is 0.417. The highest BCUT2D eigenvalue weighted by atomic mass is 32.2. The minimum absolute atomic E-state index is 0.222. The summed E-state index contributed by atoms with van der Waals surface area (Å²) in [5.74, 6) is 0. The molecule has 33 heavy (non-hydrogen) atoms. The maximum atomic E-state index is 13.8. The summed E-state index contributed by atoms with van der Waals surface area (Å²) in [6.45, 7) is 6.59. The Morgan fingerprint density at radius 2 is 1.85 bits per heavy atom. The third kappa shape index (κ3) is 5.36. The number of carbonyl (C=O) groups excluding carboxylic acids is 1. The van der Waals surface area contributed by atoms with Gasteiger partial charge in [-0.15, -0.1) is 0 Å². The predicted molar refractivity (Wildman–Crippen MR) is 124 cm³/mol. The molecule has 4 rings (SSSR count). The molecule has 8 nitrogen and oxygen atoms in total. The molecule has 3 heterocycles. The lowest BCUT2D eigenvalue weighted by atomic mass is 10.0. The monoisotopic (exact) mass is 471 g/mol. The molecule has 0 N–H and O–H groups in total. The van der Waals surface area contributed by atoms with Crippen LogP contribution in [0.4, 0.5) is 4.79 Å². The van der Waals surface area contributed by atoms with Crippen molar-refractivity contribution < 1.29 is 22.4 Å². The van der Waals surface area contributed by atoms with Crippen LogP contribution in [-0.4, -0.2) is 53.4 Å². The minimum atomic E-state index is -3.80. The van der Waals surface area contributed by atoms with Crippen molar-refractivity contribution in [2.75, 3.05) is 13.1 Å². The first-order valence-corrected chi connectivity index (χ1v) is 12.4. The SMILES string of the molecule is CC(C)(C)OC(=O)N1CCC(N(Cc2ccncc2)S(=O)(=O)c2ccc3occc3c2)CC1. The summed E-state index contributed by atoms with van der Waals surface area (Å²) in [4.78, 5) is 18.4. The van der Waals surface area contributed by atoms with Gasteiger partial charge in [0.05, 0.1) is 11.2 Å². The van der Waals surface area contributed by atoms with Crippen molar-refractivity contribution in [2.24, 2.45) is 0 Å². The third-order valence-corrected chi connectivity index (χ3v) is 7.54. The molecule has 1 fully saturated rings. The van der Waals surface area contributed by atoms with Crippen LogP contribution in [0.25, 0.3) is 11.0 Å². The van der Waals surface area contributed by atoms with Crippen molar-refractivity contribution in [1.82, 2.24) is 14.2 Å². The summed E-state index contributed by atoms with van der Waals surface area (Å²) < 4.78 is 39.9. The van der Waals surface area contributed by atoms with Gasteiger partial charge in [0.2, 0.25) is 10.0 Å². The van der Waals surface area contributed by atoms with Gasteiger partial charge < -0.3 is 14.1 Å². The van der Waals surface area contributed by atoms with E-state index in [0.717, 1.165) is 10.9 Å². The number of hydrogen-bond acceptors (Lipinski definition) is 6. The molecule has 1 aliphatic rings. The number of aromatic nitrogens is 1. The Balaban J connectivity index is 1.58. The van der Waals surface area contributed by atoms with E-state index >= 15 is 0 Å². The maximum Gasteiger partial charge on any atom is 0.410 e. The number of likely N-dealkylation sites (tertiary alicyclic amines) is 1. The molecule has 1 aromatic carbocycles. The van der Waals surface area contributed by atoms with E-state index in [2.05, 4.69) is 4.98 Å². The summed E-state index contributed by atoms with van der Waals surface area (Å²) >= 11 is 0. The highest BCUT2D eigenvalue weighted by Gasteiger charge is 2.36. The number of fused-ring (bicyclic) bond motifs is 1. The van der Waals surface area contributed by atoms with Crippen molar-refractivity contribution in [3.8, 4) is 0 Å². The molecule has 0 aliphatic carbocycles. The number of benzene rings is 1. The average Bonchev–Trinajstić information content (AvgIpc) is 3.25. The third-order valence-electron chi connectivity index (χ3n) is 5.64. The average molecular weight is 472 g/mol. The van der Waals surface area contributed by atoms with Crippen molar-refractivity contribution >= 4 is 27.1 Å². The number of carbonyl (C=O) groups is 1. The van der Waals surface area contributed by atoms with E-state index < -0.39 is 15.6 Å². The Kier molecular flexibility index (Phi) is 6.45. The van der Waals surface area contributed by atoms with Crippen LogP contribution < -0.4 is 0 Å². The number of nitrogens with zero attached hydrogens (tertiary/aromatic N) is 3. The van der Waals surface area contributed by atoms with Crippen LogP contribution in [-0.2, 0) is 21.3 Å². The Hall–Kier alpha value is -2.91. The Morgan fingerprint density at radius 3 is 2.52 bits per heavy atom. The molecule has 0 saturated carbocycles. The summed E-state index contributed by atoms with van der Waals surface area (Å²) in [7, 11) is -3.80. The number of amides is 1. The number of sulfonamides is 1. The highest BCUT2D eigenvalue weighted by Crippen LogP contribution is 2.29. The molecule has 3 aromatic rings. The second-order valence-electron chi connectivity index (χ2n) is 9.22. The zero-order valence-electron chi connectivity index (χ0n) is 19.1. The number of piperidine rings is 1. The van der Waals surface area contributed by atoms with Gasteiger partial charge in [-0.05, 0) is 75.6 Å². The Bertz CT molecular complexity index is 1210. The molecular weight excluding hydrogens is 442 g/mol. The predicted octanol–water partition coefficient (Wildman–Crippen LogP) is 4.42. The van der Waals surface area contributed by atoms with Crippen LogP contribution in [0.2, 0.25) is 0 Å². The molecule has 1 saturated heterocycles. The van der Waals surface area contributed by atoms with Gasteiger partial charge in [0.1, 0.15) is 11.2 Å². The summed E-state index contributed by atoms with van der Waals surface area (Å²) in [5, 5.41) is 0.736. The summed E-state index contributed by atoms with van der Waals surface area (Å²) in [5.41, 5.74) is 0.920. The number of furan rings is 1. The largest absolute Gasteiger partial charge is 0.464 e. The van der Waals surface area contributed by atoms with Crippen LogP contribution in [0.3, 0.4) is 0 Å². The minimum Gasteiger partial charge on any atom is -0.464 e. The van der Waals surface area contributed by atoms with Crippen LogP contribution in [0.5, 0.6) is 0 Å². The molecule has 0 unspecified atom stereocenters. The normalized spacial score (nSPS) is 15.8. The van der Waals surface area contributed by atoms with Crippen LogP contribution >= 0.6 is 0 Å². The van der Waals surface area contributed by atoms with E-state index in [4.69, 9.17) is 9.15 Å². The van der Waals surface area contributed by atoms with Crippen molar-refractivity contribution in [2.45, 2.75) is 56.7 Å². The number of ether oxygens (including phenoxy) is 1. The molecule has 0 bridgehead atoms. The molecular formula is C24H29N3O5S. The molecule has 9 heteroatoms. The van der Waals surface area contributed by atoms with Crippen LogP contribution in [0.15, 0.2) is 64.4 Å². The molecule has 2 aromatic heterocycles. The summed E-state index contributed by atoms with van der Waals surface area (Å²) in [6, 6.07) is 10.0. The lowest BCUT2D eigenvalue weighted by molar-refractivity contribution is 0.0176. The quantitative estimate of drug-likeness (QED) is 0.547. The second-order valence-corrected chi connectivity index (χ2v) is 11.1. The topological polar surface area (TPSA) is 93.0 Å². The number of hydrogen-bond donors (Lipinski definition) is 0. The molecule has 1 aliphatic heterocycles. The van der Waals surface area contributed by atoms with E-state index in [1.165, 1.54) is 0 Å². The highest BCUT2D eigenvalue weighted by molar-refractivity contribution is 7.89. The van der Waals surface area contributed by atoms with Gasteiger partial charge in [0.15, 0.2) is 0 Å². The molecule has 176 valence electrons. The molecule has 0 spiro atoms. The standard InChI is InChI=1S/C24H29N3O5S/c1-24(2,3)32-23(28)26-13-8-20(9-14-26)27(17-18-6-11-25-12-7-18)33(29,30)21-4-5-22-19(16-21)10-15-31-22/h4-7,10-12,15-16,20H,8-9,13-14,17H2,1-3H3. The van der Waals surface area contributed by atoms with Gasteiger partial charge >= 0.3 is 6.09 Å². The van der Waals surface area contributed by atoms with Crippen molar-refractivity contribution in [3.05, 3.63) is 60.6 Å². The molecule has 0 atom stereocenters. The number of pyridine rings is 1. The Morgan fingerprint density at radius 1 is 1.15 bits per heavy atom. The zero-order valence-corrected chi connectivity index (χ0v) is 19.9. The first-order valence-electron chi connectivity index (χ1n) is 11.0. The lowest BCUT2D eigenvalue weighted by Gasteiger charge is -2.38. The van der Waals surface area contributed by atoms with Crippen molar-refractivity contribution in [1.29, 1.82) is 0 Å². The maximum absolute atomic E-state index is 13.8. The second kappa shape index (κ2) is 9.15. The van der Waals surface area contributed by atoms with Gasteiger partial charge in [-0.25, -0.2) is 13.2 Å². The Labute approximate surface area is 194 Å². The summed E-state index contributed by atoms with van der Waals surface area (Å²) in [6.07, 6.45) is 5.54. The van der Waals surface area contributed by atoms with Gasteiger partial charge in [0, 0.05) is 43.5 Å². The lowest BCUT2D eigenvalue weighted by Crippen LogP contribution is -2.49. The smallest absolute Gasteiger partial charge is 0.410 e. The molecule has 1 amide bonds. The fourth-order valence-corrected chi connectivity index (χ4v) is 5.69. The van der Waals surface area contributed by atoms with Gasteiger partial charge in [-0.2, -0.15) is 4.31 Å². The van der Waals surface area contributed by atoms with Crippen LogP contribution in [0.1, 0.15) is 39.2 Å². The number of rotatable bonds is 5. The fourth-order valence-electron chi connectivity index (χ4n) is 3.98. The van der Waals surface area contributed by atoms with E-state index in [1.54, 1.807) is 52.1 Å². The zero-order chi connectivity index (χ0) is 23.6. The first-order chi connectivity index (χ1) is 15.6. The first kappa shape index (κ1) is 23.3. The van der Waals surface area contributed by atoms with E-state index in [-0.39, 0.29) is 23.6 Å².